The Labute approximate surface area is 128 Å². The molecule has 1 unspecified atom stereocenters. The maximum atomic E-state index is 11.1. The molecule has 1 saturated carbocycles. The van der Waals surface area contributed by atoms with Crippen LogP contribution in [0.5, 0.6) is 0 Å². The van der Waals surface area contributed by atoms with E-state index < -0.39 is 5.97 Å². The van der Waals surface area contributed by atoms with Gasteiger partial charge in [0.25, 0.3) is 0 Å². The van der Waals surface area contributed by atoms with Crippen LogP contribution in [0.4, 0.5) is 0 Å². The monoisotopic (exact) mass is 289 g/mol. The lowest BCUT2D eigenvalue weighted by Crippen LogP contribution is -2.39. The minimum absolute atomic E-state index is 0.276. The normalized spacial score (nSPS) is 17.2. The largest absolute Gasteiger partial charge is 0.481 e. The van der Waals surface area contributed by atoms with Crippen molar-refractivity contribution < 1.29 is 9.90 Å². The number of nitrogens with zero attached hydrogens (tertiary/aromatic N) is 1. The van der Waals surface area contributed by atoms with Gasteiger partial charge in [0.2, 0.25) is 0 Å². The molecule has 0 aliphatic heterocycles. The van der Waals surface area contributed by atoms with Crippen LogP contribution in [0.1, 0.15) is 44.6 Å². The minimum atomic E-state index is -0.680. The van der Waals surface area contributed by atoms with Crippen LogP contribution in [0.25, 0.3) is 0 Å². The van der Waals surface area contributed by atoms with E-state index in [1.54, 1.807) is 0 Å². The fourth-order valence-electron chi connectivity index (χ4n) is 3.25. The predicted molar refractivity (Wildman–Crippen MR) is 85.4 cm³/mol. The summed E-state index contributed by atoms with van der Waals surface area (Å²) in [5.41, 5.74) is 1.37. The summed E-state index contributed by atoms with van der Waals surface area (Å²) in [5, 5.41) is 9.15. The molecule has 0 radical (unpaired) electrons. The number of hydrogen-bond donors (Lipinski definition) is 1. The van der Waals surface area contributed by atoms with E-state index in [4.69, 9.17) is 5.11 Å². The van der Waals surface area contributed by atoms with Gasteiger partial charge in [-0.15, -0.1) is 0 Å². The third-order valence-corrected chi connectivity index (χ3v) is 4.52. The summed E-state index contributed by atoms with van der Waals surface area (Å²) in [6.45, 7) is 3.52. The van der Waals surface area contributed by atoms with E-state index in [1.165, 1.54) is 31.2 Å². The fourth-order valence-corrected chi connectivity index (χ4v) is 3.25. The Morgan fingerprint density at radius 1 is 1.29 bits per heavy atom. The molecule has 0 saturated heterocycles. The first-order valence-corrected chi connectivity index (χ1v) is 8.17. The van der Waals surface area contributed by atoms with Gasteiger partial charge in [0.1, 0.15) is 0 Å². The lowest BCUT2D eigenvalue weighted by molar-refractivity contribution is -0.141. The molecule has 1 aliphatic rings. The van der Waals surface area contributed by atoms with Crippen molar-refractivity contribution in [3.63, 3.8) is 0 Å². The van der Waals surface area contributed by atoms with Crippen LogP contribution in [0.2, 0.25) is 0 Å². The number of rotatable bonds is 8. The average molecular weight is 289 g/mol. The smallest absolute Gasteiger partial charge is 0.307 e. The number of aryl methyl sites for hydroxylation is 1. The van der Waals surface area contributed by atoms with Gasteiger partial charge in [-0.1, -0.05) is 50.1 Å². The summed E-state index contributed by atoms with van der Waals surface area (Å²) >= 11 is 0. The van der Waals surface area contributed by atoms with Crippen molar-refractivity contribution >= 4 is 5.97 Å². The van der Waals surface area contributed by atoms with Crippen molar-refractivity contribution in [3.8, 4) is 0 Å². The topological polar surface area (TPSA) is 40.5 Å². The number of carbonyl (C=O) groups is 1. The summed E-state index contributed by atoms with van der Waals surface area (Å²) in [6, 6.07) is 11.1. The maximum absolute atomic E-state index is 11.1. The van der Waals surface area contributed by atoms with Crippen molar-refractivity contribution in [2.24, 2.45) is 5.92 Å². The molecule has 1 fully saturated rings. The lowest BCUT2D eigenvalue weighted by Gasteiger charge is -2.30. The molecule has 0 heterocycles. The Bertz CT molecular complexity index is 426. The number of carboxylic acids is 1. The molecule has 1 aromatic carbocycles. The van der Waals surface area contributed by atoms with Crippen LogP contribution in [0.15, 0.2) is 30.3 Å². The van der Waals surface area contributed by atoms with E-state index in [-0.39, 0.29) is 5.92 Å². The summed E-state index contributed by atoms with van der Waals surface area (Å²) in [6.07, 6.45) is 7.23. The molecule has 21 heavy (non-hydrogen) atoms. The molecule has 1 atom stereocenters. The molecular weight excluding hydrogens is 262 g/mol. The maximum Gasteiger partial charge on any atom is 0.307 e. The van der Waals surface area contributed by atoms with Crippen LogP contribution >= 0.6 is 0 Å². The minimum Gasteiger partial charge on any atom is -0.481 e. The first-order valence-electron chi connectivity index (χ1n) is 8.17. The van der Waals surface area contributed by atoms with Crippen molar-refractivity contribution in [3.05, 3.63) is 35.9 Å². The second kappa shape index (κ2) is 8.18. The highest BCUT2D eigenvalue weighted by molar-refractivity contribution is 5.69. The number of carboxylic acid groups (broad SMARTS) is 1. The summed E-state index contributed by atoms with van der Waals surface area (Å²) in [5.74, 6) is -0.955. The molecule has 0 bridgehead atoms. The van der Waals surface area contributed by atoms with Gasteiger partial charge in [0, 0.05) is 12.6 Å². The lowest BCUT2D eigenvalue weighted by atomic mass is 10.1. The Morgan fingerprint density at radius 2 is 1.95 bits per heavy atom. The molecule has 116 valence electrons. The summed E-state index contributed by atoms with van der Waals surface area (Å²) in [7, 11) is 0. The predicted octanol–water partition coefficient (Wildman–Crippen LogP) is 3.58. The molecule has 2 rings (SSSR count). The first kappa shape index (κ1) is 16.0. The van der Waals surface area contributed by atoms with Crippen LogP contribution in [-0.2, 0) is 11.2 Å². The second-order valence-electron chi connectivity index (χ2n) is 6.26. The van der Waals surface area contributed by atoms with E-state index in [1.807, 2.05) is 13.0 Å². The van der Waals surface area contributed by atoms with Gasteiger partial charge in [0.15, 0.2) is 0 Å². The van der Waals surface area contributed by atoms with Crippen LogP contribution < -0.4 is 0 Å². The van der Waals surface area contributed by atoms with Gasteiger partial charge in [-0.25, -0.2) is 0 Å². The van der Waals surface area contributed by atoms with Crippen molar-refractivity contribution in [1.82, 2.24) is 4.90 Å². The molecular formula is C18H27NO2. The molecule has 1 aliphatic carbocycles. The molecule has 0 aromatic heterocycles. The van der Waals surface area contributed by atoms with Crippen LogP contribution in [-0.4, -0.2) is 35.1 Å². The quantitative estimate of drug-likeness (QED) is 0.795. The van der Waals surface area contributed by atoms with Crippen molar-refractivity contribution in [2.75, 3.05) is 13.1 Å². The number of benzene rings is 1. The zero-order chi connectivity index (χ0) is 15.1. The Hall–Kier alpha value is -1.35. The van der Waals surface area contributed by atoms with Crippen molar-refractivity contribution in [1.29, 1.82) is 0 Å². The third kappa shape index (κ3) is 5.16. The van der Waals surface area contributed by atoms with Crippen LogP contribution in [0, 0.1) is 5.92 Å². The zero-order valence-electron chi connectivity index (χ0n) is 13.0. The molecule has 0 amide bonds. The molecule has 1 N–H and O–H groups in total. The van der Waals surface area contributed by atoms with E-state index in [0.717, 1.165) is 19.4 Å². The number of hydrogen-bond acceptors (Lipinski definition) is 2. The van der Waals surface area contributed by atoms with E-state index in [9.17, 15) is 4.79 Å². The van der Waals surface area contributed by atoms with Gasteiger partial charge >= 0.3 is 5.97 Å². The van der Waals surface area contributed by atoms with E-state index in [0.29, 0.717) is 12.6 Å². The second-order valence-corrected chi connectivity index (χ2v) is 6.26. The highest BCUT2D eigenvalue weighted by Crippen LogP contribution is 2.24. The fraction of sp³-hybridized carbons (Fsp3) is 0.611. The Kier molecular flexibility index (Phi) is 6.24. The molecule has 3 heteroatoms. The molecule has 3 nitrogen and oxygen atoms in total. The van der Waals surface area contributed by atoms with E-state index >= 15 is 0 Å². The van der Waals surface area contributed by atoms with Crippen molar-refractivity contribution in [2.45, 2.75) is 51.5 Å². The van der Waals surface area contributed by atoms with Gasteiger partial charge in [-0.2, -0.15) is 0 Å². The van der Waals surface area contributed by atoms with Gasteiger partial charge < -0.3 is 5.11 Å². The Morgan fingerprint density at radius 3 is 2.57 bits per heavy atom. The SMILES string of the molecule is CC(CN(CCCc1ccccc1)C1CCCC1)C(=O)O. The average Bonchev–Trinajstić information content (AvgIpc) is 3.01. The highest BCUT2D eigenvalue weighted by atomic mass is 16.4. The summed E-state index contributed by atoms with van der Waals surface area (Å²) in [4.78, 5) is 13.5. The highest BCUT2D eigenvalue weighted by Gasteiger charge is 2.25. The van der Waals surface area contributed by atoms with Crippen LogP contribution in [0.3, 0.4) is 0 Å². The Balaban J connectivity index is 1.84. The van der Waals surface area contributed by atoms with E-state index in [2.05, 4.69) is 29.2 Å². The van der Waals surface area contributed by atoms with Gasteiger partial charge in [0.05, 0.1) is 5.92 Å². The first-order chi connectivity index (χ1) is 10.2. The molecule has 1 aromatic rings. The summed E-state index contributed by atoms with van der Waals surface area (Å²) < 4.78 is 0. The molecule has 0 spiro atoms. The van der Waals surface area contributed by atoms with Gasteiger partial charge in [-0.3, -0.25) is 9.69 Å². The standard InChI is InChI=1S/C18H27NO2/c1-15(18(20)21)14-19(17-11-5-6-12-17)13-7-10-16-8-3-2-4-9-16/h2-4,8-9,15,17H,5-7,10-14H2,1H3,(H,20,21). The third-order valence-electron chi connectivity index (χ3n) is 4.52. The number of aliphatic carboxylic acids is 1. The van der Waals surface area contributed by atoms with Gasteiger partial charge in [-0.05, 0) is 37.8 Å². The zero-order valence-corrected chi connectivity index (χ0v) is 13.0.